The molecular weight excluding hydrogens is 370 g/mol. The Morgan fingerprint density at radius 2 is 1.65 bits per heavy atom. The highest BCUT2D eigenvalue weighted by atomic mass is 32.2. The molecule has 2 amide bonds. The van der Waals surface area contributed by atoms with Crippen LogP contribution >= 0.6 is 11.3 Å². The van der Waals surface area contributed by atoms with Crippen LogP contribution in [0.25, 0.3) is 10.4 Å². The monoisotopic (exact) mass is 387 g/mol. The highest BCUT2D eigenvalue weighted by Crippen LogP contribution is 2.28. The number of thiazole rings is 1. The average Bonchev–Trinajstić information content (AvgIpc) is 3.11. The highest BCUT2D eigenvalue weighted by molar-refractivity contribution is 7.91. The first-order valence-corrected chi connectivity index (χ1v) is 10.4. The summed E-state index contributed by atoms with van der Waals surface area (Å²) in [5.74, 6) is -0.169. The second kappa shape index (κ2) is 8.11. The fourth-order valence-corrected chi connectivity index (χ4v) is 4.25. The van der Waals surface area contributed by atoms with Crippen LogP contribution in [0.3, 0.4) is 0 Å². The van der Waals surface area contributed by atoms with Crippen LogP contribution in [0, 0.1) is 0 Å². The third-order valence-electron chi connectivity index (χ3n) is 3.54. The van der Waals surface area contributed by atoms with Gasteiger partial charge in [0.25, 0.3) is 0 Å². The van der Waals surface area contributed by atoms with E-state index in [4.69, 9.17) is 0 Å². The number of rotatable bonds is 6. The van der Waals surface area contributed by atoms with Crippen LogP contribution < -0.4 is 10.6 Å². The molecule has 0 saturated heterocycles. The number of carbonyl (C=O) groups is 1. The number of nitrogens with one attached hydrogen (secondary N) is 2. The largest absolute Gasteiger partial charge is 0.337 e. The van der Waals surface area contributed by atoms with Gasteiger partial charge in [-0.2, -0.15) is 0 Å². The standard InChI is InChI=1S/C18H17N3O3S2/c22-17(19-11-12-26(23,24)15-9-5-2-6-10-15)21-18-20-13-16(25-18)14-7-3-1-4-8-14/h1-10,13H,11-12H2,(H2,19,20,21,22). The van der Waals surface area contributed by atoms with Crippen molar-refractivity contribution in [1.82, 2.24) is 10.3 Å². The van der Waals surface area contributed by atoms with E-state index in [1.165, 1.54) is 23.5 Å². The molecule has 0 aliphatic rings. The lowest BCUT2D eigenvalue weighted by Crippen LogP contribution is -2.32. The van der Waals surface area contributed by atoms with Crippen molar-refractivity contribution in [1.29, 1.82) is 0 Å². The third-order valence-corrected chi connectivity index (χ3v) is 6.24. The molecule has 0 atom stereocenters. The van der Waals surface area contributed by atoms with Crippen LogP contribution in [0.15, 0.2) is 71.8 Å². The topological polar surface area (TPSA) is 88.2 Å². The van der Waals surface area contributed by atoms with E-state index < -0.39 is 15.9 Å². The normalized spacial score (nSPS) is 11.1. The van der Waals surface area contributed by atoms with Crippen LogP contribution in [0.1, 0.15) is 0 Å². The quantitative estimate of drug-likeness (QED) is 0.678. The van der Waals surface area contributed by atoms with Gasteiger partial charge in [-0.3, -0.25) is 5.32 Å². The second-order valence-electron chi connectivity index (χ2n) is 5.41. The maximum Gasteiger partial charge on any atom is 0.321 e. The zero-order valence-electron chi connectivity index (χ0n) is 13.8. The van der Waals surface area contributed by atoms with Crippen molar-refractivity contribution in [2.75, 3.05) is 17.6 Å². The summed E-state index contributed by atoms with van der Waals surface area (Å²) in [4.78, 5) is 17.3. The van der Waals surface area contributed by atoms with E-state index in [0.29, 0.717) is 5.13 Å². The van der Waals surface area contributed by atoms with E-state index in [2.05, 4.69) is 15.6 Å². The van der Waals surface area contributed by atoms with Crippen molar-refractivity contribution >= 4 is 32.3 Å². The van der Waals surface area contributed by atoms with E-state index in [1.54, 1.807) is 24.4 Å². The fraction of sp³-hybridized carbons (Fsp3) is 0.111. The predicted octanol–water partition coefficient (Wildman–Crippen LogP) is 3.41. The van der Waals surface area contributed by atoms with Gasteiger partial charge < -0.3 is 5.32 Å². The number of hydrogen-bond donors (Lipinski definition) is 2. The zero-order chi connectivity index (χ0) is 18.4. The molecule has 0 spiro atoms. The summed E-state index contributed by atoms with van der Waals surface area (Å²) in [7, 11) is -3.42. The van der Waals surface area contributed by atoms with E-state index >= 15 is 0 Å². The zero-order valence-corrected chi connectivity index (χ0v) is 15.4. The van der Waals surface area contributed by atoms with Crippen LogP contribution in [0.4, 0.5) is 9.93 Å². The summed E-state index contributed by atoms with van der Waals surface area (Å²) in [6, 6.07) is 17.4. The molecule has 8 heteroatoms. The van der Waals surface area contributed by atoms with Gasteiger partial charge in [0.2, 0.25) is 0 Å². The van der Waals surface area contributed by atoms with E-state index in [1.807, 2.05) is 30.3 Å². The molecule has 0 unspecified atom stereocenters. The Morgan fingerprint density at radius 1 is 1.00 bits per heavy atom. The molecule has 3 rings (SSSR count). The molecular formula is C18H17N3O3S2. The lowest BCUT2D eigenvalue weighted by molar-refractivity contribution is 0.252. The molecule has 6 nitrogen and oxygen atoms in total. The molecule has 2 aromatic carbocycles. The third kappa shape index (κ3) is 4.68. The summed E-state index contributed by atoms with van der Waals surface area (Å²) in [5, 5.41) is 5.62. The maximum atomic E-state index is 12.2. The minimum absolute atomic E-state index is 0.0139. The Hall–Kier alpha value is -2.71. The van der Waals surface area contributed by atoms with Crippen molar-refractivity contribution in [2.45, 2.75) is 4.90 Å². The number of benzene rings is 2. The SMILES string of the molecule is O=C(NCCS(=O)(=O)c1ccccc1)Nc1ncc(-c2ccccc2)s1. The van der Waals surface area contributed by atoms with Gasteiger partial charge in [-0.1, -0.05) is 59.9 Å². The minimum Gasteiger partial charge on any atom is -0.337 e. The minimum atomic E-state index is -3.42. The van der Waals surface area contributed by atoms with Crippen molar-refractivity contribution < 1.29 is 13.2 Å². The average molecular weight is 387 g/mol. The Bertz CT molecular complexity index is 971. The molecule has 0 aliphatic carbocycles. The lowest BCUT2D eigenvalue weighted by atomic mass is 10.2. The van der Waals surface area contributed by atoms with Crippen molar-refractivity contribution in [3.63, 3.8) is 0 Å². The summed E-state index contributed by atoms with van der Waals surface area (Å²) in [6.45, 7) is 0.0139. The first-order valence-electron chi connectivity index (χ1n) is 7.88. The van der Waals surface area contributed by atoms with Crippen LogP contribution in [0.2, 0.25) is 0 Å². The summed E-state index contributed by atoms with van der Waals surface area (Å²) in [5.41, 5.74) is 1.02. The van der Waals surface area contributed by atoms with Gasteiger partial charge in [-0.05, 0) is 17.7 Å². The molecule has 0 saturated carbocycles. The molecule has 0 radical (unpaired) electrons. The molecule has 3 aromatic rings. The number of sulfone groups is 1. The summed E-state index contributed by atoms with van der Waals surface area (Å²) < 4.78 is 24.3. The number of hydrogen-bond acceptors (Lipinski definition) is 5. The van der Waals surface area contributed by atoms with Gasteiger partial charge in [0.1, 0.15) is 0 Å². The van der Waals surface area contributed by atoms with Gasteiger partial charge in [-0.15, -0.1) is 0 Å². The van der Waals surface area contributed by atoms with Crippen LogP contribution in [-0.4, -0.2) is 31.7 Å². The molecule has 134 valence electrons. The van der Waals surface area contributed by atoms with Gasteiger partial charge in [-0.25, -0.2) is 18.2 Å². The number of aromatic nitrogens is 1. The molecule has 0 bridgehead atoms. The van der Waals surface area contributed by atoms with Crippen LogP contribution in [-0.2, 0) is 9.84 Å². The molecule has 2 N–H and O–H groups in total. The first-order chi connectivity index (χ1) is 12.5. The second-order valence-corrected chi connectivity index (χ2v) is 8.55. The Labute approximate surface area is 155 Å². The molecule has 26 heavy (non-hydrogen) atoms. The van der Waals surface area contributed by atoms with Crippen molar-refractivity contribution in [3.8, 4) is 10.4 Å². The smallest absolute Gasteiger partial charge is 0.321 e. The fourth-order valence-electron chi connectivity index (χ4n) is 2.25. The summed E-state index contributed by atoms with van der Waals surface area (Å²) in [6.07, 6.45) is 1.69. The van der Waals surface area contributed by atoms with Gasteiger partial charge in [0.05, 0.1) is 15.5 Å². The highest BCUT2D eigenvalue weighted by Gasteiger charge is 2.14. The number of amides is 2. The van der Waals surface area contributed by atoms with E-state index in [0.717, 1.165) is 10.4 Å². The predicted molar refractivity (Wildman–Crippen MR) is 103 cm³/mol. The van der Waals surface area contributed by atoms with Gasteiger partial charge in [0.15, 0.2) is 15.0 Å². The Morgan fingerprint density at radius 3 is 2.35 bits per heavy atom. The van der Waals surface area contributed by atoms with Crippen LogP contribution in [0.5, 0.6) is 0 Å². The van der Waals surface area contributed by atoms with Crippen molar-refractivity contribution in [2.24, 2.45) is 0 Å². The first kappa shape index (κ1) is 18.1. The number of nitrogens with zero attached hydrogens (tertiary/aromatic N) is 1. The maximum absolute atomic E-state index is 12.2. The van der Waals surface area contributed by atoms with Gasteiger partial charge in [0, 0.05) is 12.7 Å². The molecule has 0 aliphatic heterocycles. The lowest BCUT2D eigenvalue weighted by Gasteiger charge is -2.06. The van der Waals surface area contributed by atoms with E-state index in [-0.39, 0.29) is 17.2 Å². The molecule has 1 heterocycles. The number of anilines is 1. The van der Waals surface area contributed by atoms with E-state index in [9.17, 15) is 13.2 Å². The van der Waals surface area contributed by atoms with Crippen molar-refractivity contribution in [3.05, 3.63) is 66.9 Å². The summed E-state index contributed by atoms with van der Waals surface area (Å²) >= 11 is 1.35. The van der Waals surface area contributed by atoms with Gasteiger partial charge >= 0.3 is 6.03 Å². The number of carbonyl (C=O) groups excluding carboxylic acids is 1. The molecule has 1 aromatic heterocycles. The number of urea groups is 1. The Balaban J connectivity index is 1.51. The Kier molecular flexibility index (Phi) is 5.65. The molecule has 0 fully saturated rings.